The molecular formula is C7H3ClF2INO. The van der Waals surface area contributed by atoms with Crippen LogP contribution in [0, 0.1) is 3.70 Å². The molecule has 0 aromatic carbocycles. The second-order valence-corrected chi connectivity index (χ2v) is 3.58. The molecule has 0 saturated heterocycles. The summed E-state index contributed by atoms with van der Waals surface area (Å²) in [6.07, 6.45) is -2.18. The zero-order chi connectivity index (χ0) is 10.0. The van der Waals surface area contributed by atoms with Crippen molar-refractivity contribution in [1.29, 1.82) is 0 Å². The minimum atomic E-state index is -2.67. The lowest BCUT2D eigenvalue weighted by Gasteiger charge is -2.03. The summed E-state index contributed by atoms with van der Waals surface area (Å²) in [6, 6.07) is 0.998. The Morgan fingerprint density at radius 3 is 2.62 bits per heavy atom. The SMILES string of the molecule is O=Cc1c(Cl)cc(C(F)F)nc1I. The average Bonchev–Trinajstić information content (AvgIpc) is 2.03. The number of hydrogen-bond donors (Lipinski definition) is 0. The molecule has 6 heteroatoms. The van der Waals surface area contributed by atoms with Gasteiger partial charge in [0.2, 0.25) is 0 Å². The molecule has 0 aliphatic rings. The quantitative estimate of drug-likeness (QED) is 0.477. The first-order valence-electron chi connectivity index (χ1n) is 3.15. The molecule has 0 aliphatic heterocycles. The highest BCUT2D eigenvalue weighted by atomic mass is 127. The van der Waals surface area contributed by atoms with Crippen LogP contribution in [0.3, 0.4) is 0 Å². The van der Waals surface area contributed by atoms with Crippen molar-refractivity contribution in [1.82, 2.24) is 4.98 Å². The smallest absolute Gasteiger partial charge is 0.280 e. The summed E-state index contributed by atoms with van der Waals surface area (Å²) in [5.74, 6) is 0. The van der Waals surface area contributed by atoms with Crippen LogP contribution in [0.4, 0.5) is 8.78 Å². The van der Waals surface area contributed by atoms with Gasteiger partial charge in [0.05, 0.1) is 10.6 Å². The van der Waals surface area contributed by atoms with Crippen molar-refractivity contribution in [2.24, 2.45) is 0 Å². The maximum atomic E-state index is 12.1. The second-order valence-electron chi connectivity index (χ2n) is 2.15. The molecule has 2 nitrogen and oxygen atoms in total. The monoisotopic (exact) mass is 317 g/mol. The molecule has 0 spiro atoms. The van der Waals surface area contributed by atoms with Gasteiger partial charge in [-0.3, -0.25) is 4.79 Å². The highest BCUT2D eigenvalue weighted by Crippen LogP contribution is 2.25. The van der Waals surface area contributed by atoms with E-state index in [-0.39, 0.29) is 14.3 Å². The van der Waals surface area contributed by atoms with Crippen LogP contribution in [-0.2, 0) is 0 Å². The number of aldehydes is 1. The van der Waals surface area contributed by atoms with Crippen molar-refractivity contribution in [2.45, 2.75) is 6.43 Å². The summed E-state index contributed by atoms with van der Waals surface area (Å²) in [6.45, 7) is 0. The number of carbonyl (C=O) groups is 1. The number of hydrogen-bond acceptors (Lipinski definition) is 2. The Labute approximate surface area is 91.4 Å². The molecule has 1 aromatic rings. The molecule has 0 atom stereocenters. The number of pyridine rings is 1. The molecule has 1 heterocycles. The number of aromatic nitrogens is 1. The van der Waals surface area contributed by atoms with E-state index < -0.39 is 12.1 Å². The Bertz CT molecular complexity index is 322. The fourth-order valence-corrected chi connectivity index (χ4v) is 1.83. The summed E-state index contributed by atoms with van der Waals surface area (Å²) >= 11 is 7.25. The number of alkyl halides is 2. The molecule has 0 N–H and O–H groups in total. The summed E-state index contributed by atoms with van der Waals surface area (Å²) < 4.78 is 24.5. The predicted molar refractivity (Wildman–Crippen MR) is 52.3 cm³/mol. The molecule has 70 valence electrons. The zero-order valence-corrected chi connectivity index (χ0v) is 9.01. The van der Waals surface area contributed by atoms with Crippen molar-refractivity contribution in [3.8, 4) is 0 Å². The summed E-state index contributed by atoms with van der Waals surface area (Å²) in [5.41, 5.74) is -0.272. The van der Waals surface area contributed by atoms with Crippen molar-refractivity contribution in [3.63, 3.8) is 0 Å². The minimum Gasteiger partial charge on any atom is -0.298 e. The van der Waals surface area contributed by atoms with Gasteiger partial charge < -0.3 is 0 Å². The van der Waals surface area contributed by atoms with Crippen molar-refractivity contribution in [3.05, 3.63) is 26.0 Å². The average molecular weight is 317 g/mol. The molecule has 13 heavy (non-hydrogen) atoms. The van der Waals surface area contributed by atoms with E-state index in [9.17, 15) is 13.6 Å². The van der Waals surface area contributed by atoms with Gasteiger partial charge in [0.25, 0.3) is 6.43 Å². The largest absolute Gasteiger partial charge is 0.298 e. The topological polar surface area (TPSA) is 30.0 Å². The minimum absolute atomic E-state index is 0.00435. The van der Waals surface area contributed by atoms with E-state index in [1.807, 2.05) is 0 Å². The summed E-state index contributed by atoms with van der Waals surface area (Å²) in [4.78, 5) is 13.9. The maximum absolute atomic E-state index is 12.1. The molecule has 1 aromatic heterocycles. The predicted octanol–water partition coefficient (Wildman–Crippen LogP) is 3.09. The Morgan fingerprint density at radius 1 is 1.62 bits per heavy atom. The van der Waals surface area contributed by atoms with E-state index in [0.29, 0.717) is 6.29 Å². The van der Waals surface area contributed by atoms with Crippen LogP contribution in [0.25, 0.3) is 0 Å². The zero-order valence-electron chi connectivity index (χ0n) is 6.10. The number of nitrogens with zero attached hydrogens (tertiary/aromatic N) is 1. The first-order chi connectivity index (χ1) is 6.06. The summed E-state index contributed by atoms with van der Waals surface area (Å²) in [7, 11) is 0. The van der Waals surface area contributed by atoms with Gasteiger partial charge in [-0.15, -0.1) is 0 Å². The van der Waals surface area contributed by atoms with Crippen molar-refractivity contribution in [2.75, 3.05) is 0 Å². The third-order valence-corrected chi connectivity index (χ3v) is 2.46. The maximum Gasteiger partial charge on any atom is 0.280 e. The van der Waals surface area contributed by atoms with E-state index >= 15 is 0 Å². The highest BCUT2D eigenvalue weighted by molar-refractivity contribution is 14.1. The first kappa shape index (κ1) is 10.8. The van der Waals surface area contributed by atoms with E-state index in [1.165, 1.54) is 0 Å². The van der Waals surface area contributed by atoms with E-state index in [4.69, 9.17) is 11.6 Å². The van der Waals surface area contributed by atoms with Gasteiger partial charge >= 0.3 is 0 Å². The Kier molecular flexibility index (Phi) is 3.55. The molecule has 0 saturated carbocycles. The molecule has 0 fully saturated rings. The van der Waals surface area contributed by atoms with E-state index in [1.54, 1.807) is 22.6 Å². The van der Waals surface area contributed by atoms with Gasteiger partial charge in [-0.05, 0) is 28.7 Å². The number of rotatable bonds is 2. The lowest BCUT2D eigenvalue weighted by molar-refractivity contribution is 0.112. The molecule has 0 bridgehead atoms. The summed E-state index contributed by atoms with van der Waals surface area (Å²) in [5, 5.41) is 0.00435. The lowest BCUT2D eigenvalue weighted by Crippen LogP contribution is -1.98. The third kappa shape index (κ3) is 2.34. The van der Waals surface area contributed by atoms with Crippen LogP contribution >= 0.6 is 34.2 Å². The van der Waals surface area contributed by atoms with Gasteiger partial charge in [-0.25, -0.2) is 13.8 Å². The van der Waals surface area contributed by atoms with Crippen LogP contribution in [0.1, 0.15) is 22.5 Å². The van der Waals surface area contributed by atoms with Crippen LogP contribution in [0.2, 0.25) is 5.02 Å². The van der Waals surface area contributed by atoms with Gasteiger partial charge in [0.1, 0.15) is 9.39 Å². The lowest BCUT2D eigenvalue weighted by atomic mass is 10.3. The van der Waals surface area contributed by atoms with Gasteiger partial charge in [-0.2, -0.15) is 0 Å². The molecule has 1 rings (SSSR count). The fourth-order valence-electron chi connectivity index (χ4n) is 0.729. The highest BCUT2D eigenvalue weighted by Gasteiger charge is 2.14. The van der Waals surface area contributed by atoms with E-state index in [2.05, 4.69) is 4.98 Å². The van der Waals surface area contributed by atoms with Gasteiger partial charge in [-0.1, -0.05) is 11.6 Å². The first-order valence-corrected chi connectivity index (χ1v) is 4.61. The van der Waals surface area contributed by atoms with Crippen molar-refractivity contribution >= 4 is 40.5 Å². The standard InChI is InChI=1S/C7H3ClF2INO/c8-4-1-5(6(9)10)12-7(11)3(4)2-13/h1-2,6H. The Morgan fingerprint density at radius 2 is 2.23 bits per heavy atom. The van der Waals surface area contributed by atoms with Crippen molar-refractivity contribution < 1.29 is 13.6 Å². The third-order valence-electron chi connectivity index (χ3n) is 1.32. The molecule has 0 aliphatic carbocycles. The van der Waals surface area contributed by atoms with Crippen LogP contribution in [0.15, 0.2) is 6.07 Å². The fraction of sp³-hybridized carbons (Fsp3) is 0.143. The number of carbonyl (C=O) groups excluding carboxylic acids is 1. The van der Waals surface area contributed by atoms with Gasteiger partial charge in [0, 0.05) is 0 Å². The second kappa shape index (κ2) is 4.28. The number of halogens is 4. The molecular weight excluding hydrogens is 314 g/mol. The molecule has 0 radical (unpaired) electrons. The van der Waals surface area contributed by atoms with E-state index in [0.717, 1.165) is 6.07 Å². The normalized spacial score (nSPS) is 10.5. The molecule has 0 amide bonds. The van der Waals surface area contributed by atoms with Crippen LogP contribution < -0.4 is 0 Å². The van der Waals surface area contributed by atoms with Crippen LogP contribution in [-0.4, -0.2) is 11.3 Å². The van der Waals surface area contributed by atoms with Gasteiger partial charge in [0.15, 0.2) is 6.29 Å². The van der Waals surface area contributed by atoms with Crippen LogP contribution in [0.5, 0.6) is 0 Å². The molecule has 0 unspecified atom stereocenters. The Hall–Kier alpha value is -0.300. The Balaban J connectivity index is 3.28.